The van der Waals surface area contributed by atoms with Crippen molar-refractivity contribution < 1.29 is 19.0 Å². The molecule has 0 spiro atoms. The van der Waals surface area contributed by atoms with Gasteiger partial charge in [-0.3, -0.25) is 4.79 Å². The number of hydrogen-bond donors (Lipinski definition) is 1. The van der Waals surface area contributed by atoms with Gasteiger partial charge in [0, 0.05) is 23.6 Å². The zero-order valence-corrected chi connectivity index (χ0v) is 14.6. The molecule has 1 aromatic heterocycles. The van der Waals surface area contributed by atoms with E-state index in [0.29, 0.717) is 41.7 Å². The van der Waals surface area contributed by atoms with Crippen LogP contribution in [0.15, 0.2) is 54.9 Å². The van der Waals surface area contributed by atoms with E-state index in [1.807, 2.05) is 13.0 Å². The van der Waals surface area contributed by atoms with Gasteiger partial charge < -0.3 is 19.5 Å². The SMILES string of the molecule is Cc1cc(Oc2ncccn2)ccc1NC(=O)c1ccc2c(c1)OCCO2. The summed E-state index contributed by atoms with van der Waals surface area (Å²) in [5.74, 6) is 1.60. The maximum Gasteiger partial charge on any atom is 0.321 e. The summed E-state index contributed by atoms with van der Waals surface area (Å²) in [6.45, 7) is 2.88. The van der Waals surface area contributed by atoms with Crippen molar-refractivity contribution in [1.82, 2.24) is 9.97 Å². The summed E-state index contributed by atoms with van der Waals surface area (Å²) in [6, 6.07) is 12.5. The molecule has 0 saturated heterocycles. The third-order valence-electron chi connectivity index (χ3n) is 4.00. The zero-order chi connectivity index (χ0) is 18.6. The molecule has 0 fully saturated rings. The summed E-state index contributed by atoms with van der Waals surface area (Å²) in [6.07, 6.45) is 3.22. The van der Waals surface area contributed by atoms with Crippen LogP contribution in [0.5, 0.6) is 23.3 Å². The van der Waals surface area contributed by atoms with Crippen molar-refractivity contribution in [3.8, 4) is 23.3 Å². The molecule has 4 rings (SSSR count). The lowest BCUT2D eigenvalue weighted by atomic mass is 10.1. The number of carbonyl (C=O) groups excluding carboxylic acids is 1. The highest BCUT2D eigenvalue weighted by Gasteiger charge is 2.15. The van der Waals surface area contributed by atoms with Crippen LogP contribution in [-0.2, 0) is 0 Å². The van der Waals surface area contributed by atoms with Crippen molar-refractivity contribution in [1.29, 1.82) is 0 Å². The largest absolute Gasteiger partial charge is 0.486 e. The number of hydrogen-bond acceptors (Lipinski definition) is 6. The molecule has 0 radical (unpaired) electrons. The molecule has 2 heterocycles. The van der Waals surface area contributed by atoms with Crippen LogP contribution < -0.4 is 19.5 Å². The highest BCUT2D eigenvalue weighted by Crippen LogP contribution is 2.31. The van der Waals surface area contributed by atoms with Crippen LogP contribution in [0.25, 0.3) is 0 Å². The fourth-order valence-electron chi connectivity index (χ4n) is 2.66. The van der Waals surface area contributed by atoms with Gasteiger partial charge in [0.1, 0.15) is 19.0 Å². The molecular formula is C20H17N3O4. The second kappa shape index (κ2) is 7.33. The molecule has 7 heteroatoms. The smallest absolute Gasteiger partial charge is 0.321 e. The van der Waals surface area contributed by atoms with Crippen molar-refractivity contribution in [2.75, 3.05) is 18.5 Å². The summed E-state index contributed by atoms with van der Waals surface area (Å²) >= 11 is 0. The zero-order valence-electron chi connectivity index (χ0n) is 14.6. The number of aryl methyl sites for hydroxylation is 1. The van der Waals surface area contributed by atoms with E-state index in [1.54, 1.807) is 48.8 Å². The molecule has 3 aromatic rings. The van der Waals surface area contributed by atoms with Gasteiger partial charge in [0.15, 0.2) is 11.5 Å². The Morgan fingerprint density at radius 2 is 1.81 bits per heavy atom. The van der Waals surface area contributed by atoms with Crippen molar-refractivity contribution in [2.24, 2.45) is 0 Å². The fourth-order valence-corrected chi connectivity index (χ4v) is 2.66. The van der Waals surface area contributed by atoms with Crippen molar-refractivity contribution >= 4 is 11.6 Å². The lowest BCUT2D eigenvalue weighted by molar-refractivity contribution is 0.102. The standard InChI is InChI=1S/C20H17N3O4/c1-13-11-15(27-20-21-7-2-8-22-20)4-5-16(13)23-19(24)14-3-6-17-18(12-14)26-10-9-25-17/h2-8,11-12H,9-10H2,1H3,(H,23,24). The van der Waals surface area contributed by atoms with Gasteiger partial charge in [-0.25, -0.2) is 9.97 Å². The monoisotopic (exact) mass is 363 g/mol. The van der Waals surface area contributed by atoms with Gasteiger partial charge in [0.05, 0.1) is 0 Å². The Kier molecular flexibility index (Phi) is 4.57. The number of carbonyl (C=O) groups is 1. The molecule has 0 atom stereocenters. The lowest BCUT2D eigenvalue weighted by Gasteiger charge is -2.18. The highest BCUT2D eigenvalue weighted by atomic mass is 16.6. The molecule has 7 nitrogen and oxygen atoms in total. The summed E-state index contributed by atoms with van der Waals surface area (Å²) < 4.78 is 16.6. The molecule has 136 valence electrons. The quantitative estimate of drug-likeness (QED) is 0.763. The van der Waals surface area contributed by atoms with Crippen LogP contribution >= 0.6 is 0 Å². The molecule has 0 saturated carbocycles. The second-order valence-corrected chi connectivity index (χ2v) is 5.92. The minimum atomic E-state index is -0.227. The van der Waals surface area contributed by atoms with Crippen molar-refractivity contribution in [2.45, 2.75) is 6.92 Å². The van der Waals surface area contributed by atoms with Gasteiger partial charge in [0.2, 0.25) is 0 Å². The summed E-state index contributed by atoms with van der Waals surface area (Å²) in [4.78, 5) is 20.6. The highest BCUT2D eigenvalue weighted by molar-refractivity contribution is 6.05. The predicted molar refractivity (Wildman–Crippen MR) is 98.7 cm³/mol. The van der Waals surface area contributed by atoms with Gasteiger partial charge in [-0.1, -0.05) is 0 Å². The van der Waals surface area contributed by atoms with Crippen LogP contribution in [0.2, 0.25) is 0 Å². The van der Waals surface area contributed by atoms with Crippen LogP contribution in [0.1, 0.15) is 15.9 Å². The molecular weight excluding hydrogens is 346 g/mol. The minimum Gasteiger partial charge on any atom is -0.486 e. The van der Waals surface area contributed by atoms with E-state index in [9.17, 15) is 4.79 Å². The Hall–Kier alpha value is -3.61. The molecule has 1 amide bonds. The van der Waals surface area contributed by atoms with E-state index in [4.69, 9.17) is 14.2 Å². The average molecular weight is 363 g/mol. The molecule has 0 unspecified atom stereocenters. The van der Waals surface area contributed by atoms with Crippen LogP contribution in [0, 0.1) is 6.92 Å². The first-order valence-corrected chi connectivity index (χ1v) is 8.45. The number of anilines is 1. The van der Waals surface area contributed by atoms with Crippen molar-refractivity contribution in [3.63, 3.8) is 0 Å². The molecule has 1 aliphatic heterocycles. The van der Waals surface area contributed by atoms with Crippen LogP contribution in [0.4, 0.5) is 5.69 Å². The molecule has 2 aromatic carbocycles. The van der Waals surface area contributed by atoms with Gasteiger partial charge >= 0.3 is 6.01 Å². The topological polar surface area (TPSA) is 82.6 Å². The first-order valence-electron chi connectivity index (χ1n) is 8.45. The van der Waals surface area contributed by atoms with Crippen molar-refractivity contribution in [3.05, 3.63) is 66.0 Å². The first-order chi connectivity index (χ1) is 13.2. The van der Waals surface area contributed by atoms with Gasteiger partial charge in [0.25, 0.3) is 5.91 Å². The number of amides is 1. The van der Waals surface area contributed by atoms with E-state index < -0.39 is 0 Å². The van der Waals surface area contributed by atoms with Crippen LogP contribution in [-0.4, -0.2) is 29.1 Å². The van der Waals surface area contributed by atoms with E-state index >= 15 is 0 Å². The number of benzene rings is 2. The average Bonchev–Trinajstić information content (AvgIpc) is 2.70. The number of nitrogens with one attached hydrogen (secondary N) is 1. The van der Waals surface area contributed by atoms with Gasteiger partial charge in [-0.05, 0) is 55.0 Å². The Balaban J connectivity index is 1.48. The van der Waals surface area contributed by atoms with E-state index in [-0.39, 0.29) is 11.9 Å². The molecule has 0 aliphatic carbocycles. The maximum absolute atomic E-state index is 12.6. The molecule has 1 N–H and O–H groups in total. The maximum atomic E-state index is 12.6. The molecule has 1 aliphatic rings. The third-order valence-corrected chi connectivity index (χ3v) is 4.00. The Morgan fingerprint density at radius 1 is 1.04 bits per heavy atom. The summed E-state index contributed by atoms with van der Waals surface area (Å²) in [5, 5.41) is 2.90. The number of rotatable bonds is 4. The predicted octanol–water partition coefficient (Wildman–Crippen LogP) is 3.60. The second-order valence-electron chi connectivity index (χ2n) is 5.92. The molecule has 27 heavy (non-hydrogen) atoms. The number of aromatic nitrogens is 2. The summed E-state index contributed by atoms with van der Waals surface area (Å²) in [7, 11) is 0. The first kappa shape index (κ1) is 16.8. The van der Waals surface area contributed by atoms with Gasteiger partial charge in [-0.15, -0.1) is 0 Å². The third kappa shape index (κ3) is 3.82. The fraction of sp³-hybridized carbons (Fsp3) is 0.150. The summed E-state index contributed by atoms with van der Waals surface area (Å²) in [5.41, 5.74) is 2.04. The van der Waals surface area contributed by atoms with Gasteiger partial charge in [-0.2, -0.15) is 0 Å². The number of fused-ring (bicyclic) bond motifs is 1. The Morgan fingerprint density at radius 3 is 2.59 bits per heavy atom. The lowest BCUT2D eigenvalue weighted by Crippen LogP contribution is -2.17. The number of nitrogens with zero attached hydrogens (tertiary/aromatic N) is 2. The van der Waals surface area contributed by atoms with Crippen LogP contribution in [0.3, 0.4) is 0 Å². The molecule has 0 bridgehead atoms. The Labute approximate surface area is 155 Å². The van der Waals surface area contributed by atoms with E-state index in [0.717, 1.165) is 5.56 Å². The Bertz CT molecular complexity index is 976. The van der Waals surface area contributed by atoms with E-state index in [2.05, 4.69) is 15.3 Å². The number of ether oxygens (including phenoxy) is 3. The minimum absolute atomic E-state index is 0.227. The normalized spacial score (nSPS) is 12.3. The van der Waals surface area contributed by atoms with E-state index in [1.165, 1.54) is 0 Å².